The first-order valence-electron chi connectivity index (χ1n) is 6.27. The second-order valence-electron chi connectivity index (χ2n) is 5.22. The lowest BCUT2D eigenvalue weighted by Gasteiger charge is -2.12. The van der Waals surface area contributed by atoms with Gasteiger partial charge in [0.05, 0.1) is 6.04 Å². The first-order chi connectivity index (χ1) is 7.75. The fraction of sp³-hybridized carbons (Fsp3) is 0.571. The molecule has 1 aromatic carbocycles. The predicted octanol–water partition coefficient (Wildman–Crippen LogP) is 3.00. The van der Waals surface area contributed by atoms with Crippen LogP contribution in [0.2, 0.25) is 0 Å². The van der Waals surface area contributed by atoms with E-state index in [4.69, 9.17) is 4.74 Å². The highest BCUT2D eigenvalue weighted by Crippen LogP contribution is 2.39. The lowest BCUT2D eigenvalue weighted by atomic mass is 9.97. The number of fused-ring (bicyclic) bond motifs is 1. The average molecular weight is 217 g/mol. The summed E-state index contributed by atoms with van der Waals surface area (Å²) in [6.07, 6.45) is 2.66. The van der Waals surface area contributed by atoms with Crippen molar-refractivity contribution < 1.29 is 4.74 Å². The van der Waals surface area contributed by atoms with Crippen LogP contribution in [-0.4, -0.2) is 12.6 Å². The molecule has 1 N–H and O–H groups in total. The molecule has 2 nitrogen and oxygen atoms in total. The Hall–Kier alpha value is -1.02. The molecular weight excluding hydrogens is 198 g/mol. The van der Waals surface area contributed by atoms with Gasteiger partial charge in [-0.2, -0.15) is 0 Å². The van der Waals surface area contributed by atoms with Crippen molar-refractivity contribution in [1.29, 1.82) is 0 Å². The summed E-state index contributed by atoms with van der Waals surface area (Å²) in [4.78, 5) is 0. The quantitative estimate of drug-likeness (QED) is 0.840. The number of hydrogen-bond acceptors (Lipinski definition) is 2. The smallest absolute Gasteiger partial charge is 0.127 e. The van der Waals surface area contributed by atoms with E-state index in [1.54, 1.807) is 0 Å². The van der Waals surface area contributed by atoms with Gasteiger partial charge in [0.25, 0.3) is 0 Å². The van der Waals surface area contributed by atoms with Crippen molar-refractivity contribution in [3.8, 4) is 5.75 Å². The topological polar surface area (TPSA) is 21.3 Å². The Morgan fingerprint density at radius 3 is 2.81 bits per heavy atom. The van der Waals surface area contributed by atoms with E-state index in [1.807, 2.05) is 0 Å². The molecule has 16 heavy (non-hydrogen) atoms. The lowest BCUT2D eigenvalue weighted by Crippen LogP contribution is -2.24. The van der Waals surface area contributed by atoms with Crippen LogP contribution in [0.25, 0.3) is 0 Å². The van der Waals surface area contributed by atoms with E-state index in [-0.39, 0.29) is 0 Å². The predicted molar refractivity (Wildman–Crippen MR) is 64.9 cm³/mol. The van der Waals surface area contributed by atoms with Crippen LogP contribution < -0.4 is 10.1 Å². The molecule has 1 aliphatic heterocycles. The van der Waals surface area contributed by atoms with Crippen molar-refractivity contribution in [1.82, 2.24) is 5.32 Å². The third-order valence-electron chi connectivity index (χ3n) is 3.48. The highest BCUT2D eigenvalue weighted by atomic mass is 16.5. The third-order valence-corrected chi connectivity index (χ3v) is 3.48. The second-order valence-corrected chi connectivity index (χ2v) is 5.22. The van der Waals surface area contributed by atoms with E-state index in [2.05, 4.69) is 37.4 Å². The molecule has 1 aliphatic carbocycles. The maximum atomic E-state index is 5.87. The van der Waals surface area contributed by atoms with Crippen molar-refractivity contribution in [2.75, 3.05) is 6.61 Å². The molecule has 1 atom stereocenters. The van der Waals surface area contributed by atoms with Gasteiger partial charge in [-0.15, -0.1) is 0 Å². The van der Waals surface area contributed by atoms with Crippen LogP contribution in [0.15, 0.2) is 18.2 Å². The minimum absolute atomic E-state index is 0.418. The summed E-state index contributed by atoms with van der Waals surface area (Å²) in [5.41, 5.74) is 2.70. The Balaban J connectivity index is 1.90. The Kier molecular flexibility index (Phi) is 2.40. The molecule has 0 spiro atoms. The highest BCUT2D eigenvalue weighted by Gasteiger charge is 2.31. The van der Waals surface area contributed by atoms with Gasteiger partial charge in [-0.3, -0.25) is 0 Å². The summed E-state index contributed by atoms with van der Waals surface area (Å²) >= 11 is 0. The molecule has 1 heterocycles. The van der Waals surface area contributed by atoms with Gasteiger partial charge in [0, 0.05) is 11.6 Å². The summed E-state index contributed by atoms with van der Waals surface area (Å²) < 4.78 is 5.87. The van der Waals surface area contributed by atoms with Crippen molar-refractivity contribution in [2.24, 2.45) is 0 Å². The number of hydrogen-bond donors (Lipinski definition) is 1. The largest absolute Gasteiger partial charge is 0.491 e. The molecule has 0 bridgehead atoms. The number of ether oxygens (including phenoxy) is 1. The molecule has 2 heteroatoms. The highest BCUT2D eigenvalue weighted by molar-refractivity contribution is 5.47. The van der Waals surface area contributed by atoms with Crippen molar-refractivity contribution in [3.63, 3.8) is 0 Å². The monoisotopic (exact) mass is 217 g/mol. The molecular formula is C14H19NO. The first-order valence-corrected chi connectivity index (χ1v) is 6.27. The zero-order valence-electron chi connectivity index (χ0n) is 9.99. The van der Waals surface area contributed by atoms with Gasteiger partial charge < -0.3 is 10.1 Å². The Labute approximate surface area is 97.0 Å². The average Bonchev–Trinajstić information content (AvgIpc) is 2.98. The van der Waals surface area contributed by atoms with Crippen LogP contribution in [0.1, 0.15) is 49.8 Å². The Morgan fingerprint density at radius 1 is 1.31 bits per heavy atom. The Bertz CT molecular complexity index is 396. The van der Waals surface area contributed by atoms with Crippen molar-refractivity contribution >= 4 is 0 Å². The van der Waals surface area contributed by atoms with Crippen LogP contribution >= 0.6 is 0 Å². The second kappa shape index (κ2) is 3.77. The van der Waals surface area contributed by atoms with Crippen LogP contribution in [0.4, 0.5) is 0 Å². The van der Waals surface area contributed by atoms with Crippen LogP contribution in [0.3, 0.4) is 0 Å². The minimum atomic E-state index is 0.418. The normalized spacial score (nSPS) is 23.3. The van der Waals surface area contributed by atoms with Crippen LogP contribution in [-0.2, 0) is 0 Å². The van der Waals surface area contributed by atoms with Gasteiger partial charge >= 0.3 is 0 Å². The molecule has 1 fully saturated rings. The van der Waals surface area contributed by atoms with Gasteiger partial charge in [-0.25, -0.2) is 0 Å². The van der Waals surface area contributed by atoms with Gasteiger partial charge in [0.1, 0.15) is 12.4 Å². The van der Waals surface area contributed by atoms with Crippen LogP contribution in [0, 0.1) is 0 Å². The minimum Gasteiger partial charge on any atom is -0.491 e. The molecule has 1 aromatic rings. The molecule has 0 radical (unpaired) electrons. The summed E-state index contributed by atoms with van der Waals surface area (Å²) in [7, 11) is 0. The molecule has 1 unspecified atom stereocenters. The maximum Gasteiger partial charge on any atom is 0.127 e. The number of para-hydroxylation sites is 1. The maximum absolute atomic E-state index is 5.87. The molecule has 86 valence electrons. The zero-order valence-corrected chi connectivity index (χ0v) is 9.99. The van der Waals surface area contributed by atoms with E-state index in [0.717, 1.165) is 18.4 Å². The molecule has 0 amide bonds. The van der Waals surface area contributed by atoms with Crippen molar-refractivity contribution in [3.05, 3.63) is 29.3 Å². The molecule has 0 saturated heterocycles. The van der Waals surface area contributed by atoms with E-state index >= 15 is 0 Å². The summed E-state index contributed by atoms with van der Waals surface area (Å²) in [5, 5.41) is 3.65. The lowest BCUT2D eigenvalue weighted by molar-refractivity contribution is 0.307. The number of benzene rings is 1. The van der Waals surface area contributed by atoms with Gasteiger partial charge in [-0.1, -0.05) is 32.0 Å². The molecule has 0 aromatic heterocycles. The number of rotatable bonds is 3. The van der Waals surface area contributed by atoms with E-state index in [0.29, 0.717) is 12.0 Å². The zero-order chi connectivity index (χ0) is 11.1. The molecule has 1 saturated carbocycles. The number of nitrogens with one attached hydrogen (secondary N) is 1. The third kappa shape index (κ3) is 1.71. The van der Waals surface area contributed by atoms with E-state index in [1.165, 1.54) is 24.0 Å². The van der Waals surface area contributed by atoms with E-state index in [9.17, 15) is 0 Å². The summed E-state index contributed by atoms with van der Waals surface area (Å²) in [6, 6.07) is 7.70. The molecule has 3 rings (SSSR count). The Morgan fingerprint density at radius 2 is 2.12 bits per heavy atom. The molecule has 2 aliphatic rings. The summed E-state index contributed by atoms with van der Waals surface area (Å²) in [5.74, 6) is 1.67. The summed E-state index contributed by atoms with van der Waals surface area (Å²) in [6.45, 7) is 5.25. The standard InChI is InChI=1S/C14H19NO/c1-9(2)11-4-3-5-12-13(8-16-14(11)12)15-10-6-7-10/h3-5,9-10,13,15H,6-8H2,1-2H3. The van der Waals surface area contributed by atoms with Gasteiger partial charge in [0.2, 0.25) is 0 Å². The fourth-order valence-electron chi connectivity index (χ4n) is 2.40. The first kappa shape index (κ1) is 10.2. The SMILES string of the molecule is CC(C)c1cccc2c1OCC2NC1CC1. The van der Waals surface area contributed by atoms with Crippen molar-refractivity contribution in [2.45, 2.75) is 44.7 Å². The van der Waals surface area contributed by atoms with E-state index < -0.39 is 0 Å². The van der Waals surface area contributed by atoms with Gasteiger partial charge in [0.15, 0.2) is 0 Å². The fourth-order valence-corrected chi connectivity index (χ4v) is 2.40. The van der Waals surface area contributed by atoms with Gasteiger partial charge in [-0.05, 0) is 24.3 Å². The van der Waals surface area contributed by atoms with Crippen LogP contribution in [0.5, 0.6) is 5.75 Å².